The van der Waals surface area contributed by atoms with Crippen molar-refractivity contribution in [3.05, 3.63) is 33.5 Å². The van der Waals surface area contributed by atoms with Crippen molar-refractivity contribution >= 4 is 29.1 Å². The van der Waals surface area contributed by atoms with E-state index in [0.29, 0.717) is 12.0 Å². The number of aliphatic carboxylic acids is 1. The molecule has 3 rings (SSSR count). The quantitative estimate of drug-likeness (QED) is 0.572. The van der Waals surface area contributed by atoms with E-state index in [2.05, 4.69) is 10.9 Å². The van der Waals surface area contributed by atoms with Crippen molar-refractivity contribution in [1.82, 2.24) is 10.9 Å². The highest BCUT2D eigenvalue weighted by molar-refractivity contribution is 7.10. The van der Waals surface area contributed by atoms with Gasteiger partial charge in [0, 0.05) is 10.3 Å². The minimum Gasteiger partial charge on any atom is -0.481 e. The molecule has 6 nitrogen and oxygen atoms in total. The minimum atomic E-state index is -0.958. The molecular weight excluding hydrogens is 328 g/mol. The molecule has 1 fully saturated rings. The second kappa shape index (κ2) is 6.39. The van der Waals surface area contributed by atoms with Gasteiger partial charge in [-0.3, -0.25) is 25.2 Å². The Labute approximate surface area is 143 Å². The number of allylic oxidation sites excluding steroid dienone is 2. The molecule has 0 saturated heterocycles. The van der Waals surface area contributed by atoms with E-state index in [1.807, 2.05) is 26.0 Å². The number of carboxylic acid groups (broad SMARTS) is 1. The third-order valence-electron chi connectivity index (χ3n) is 5.05. The van der Waals surface area contributed by atoms with E-state index in [0.717, 1.165) is 16.9 Å². The van der Waals surface area contributed by atoms with Crippen LogP contribution in [0.3, 0.4) is 0 Å². The third-order valence-corrected chi connectivity index (χ3v) is 6.00. The molecule has 7 heteroatoms. The Bertz CT molecular complexity index is 724. The summed E-state index contributed by atoms with van der Waals surface area (Å²) in [5.74, 6) is -3.26. The number of thiophene rings is 1. The van der Waals surface area contributed by atoms with Crippen molar-refractivity contribution in [2.75, 3.05) is 0 Å². The maximum Gasteiger partial charge on any atom is 0.307 e. The number of carboxylic acids is 1. The van der Waals surface area contributed by atoms with Crippen LogP contribution in [0, 0.1) is 30.6 Å². The smallest absolute Gasteiger partial charge is 0.307 e. The van der Waals surface area contributed by atoms with Gasteiger partial charge in [0.05, 0.1) is 17.4 Å². The number of nitrogens with one attached hydrogen (secondary N) is 2. The lowest BCUT2D eigenvalue weighted by Gasteiger charge is -2.23. The van der Waals surface area contributed by atoms with Gasteiger partial charge < -0.3 is 5.11 Å². The first-order chi connectivity index (χ1) is 11.4. The number of carbonyl (C=O) groups is 3. The van der Waals surface area contributed by atoms with Crippen molar-refractivity contribution < 1.29 is 19.5 Å². The maximum atomic E-state index is 12.4. The summed E-state index contributed by atoms with van der Waals surface area (Å²) in [4.78, 5) is 37.2. The highest BCUT2D eigenvalue weighted by Crippen LogP contribution is 2.48. The van der Waals surface area contributed by atoms with Crippen LogP contribution in [-0.2, 0) is 16.0 Å². The van der Waals surface area contributed by atoms with Gasteiger partial charge in [0.2, 0.25) is 5.91 Å². The van der Waals surface area contributed by atoms with Crippen LogP contribution >= 0.6 is 11.3 Å². The first-order valence-corrected chi connectivity index (χ1v) is 8.90. The molecule has 4 atom stereocenters. The summed E-state index contributed by atoms with van der Waals surface area (Å²) in [6, 6.07) is 0. The summed E-state index contributed by atoms with van der Waals surface area (Å²) in [7, 11) is 0. The minimum absolute atomic E-state index is 0.0670. The van der Waals surface area contributed by atoms with Crippen LogP contribution in [0.4, 0.5) is 0 Å². The Hall–Kier alpha value is -2.15. The topological polar surface area (TPSA) is 95.5 Å². The van der Waals surface area contributed by atoms with Crippen LogP contribution in [0.2, 0.25) is 0 Å². The second-order valence-corrected chi connectivity index (χ2v) is 7.40. The van der Waals surface area contributed by atoms with Gasteiger partial charge in [-0.1, -0.05) is 19.1 Å². The molecule has 2 aliphatic carbocycles. The maximum absolute atomic E-state index is 12.4. The van der Waals surface area contributed by atoms with Gasteiger partial charge in [0.1, 0.15) is 0 Å². The largest absolute Gasteiger partial charge is 0.481 e. The summed E-state index contributed by atoms with van der Waals surface area (Å²) in [6.07, 6.45) is 5.22. The molecule has 0 unspecified atom stereocenters. The van der Waals surface area contributed by atoms with E-state index in [9.17, 15) is 19.5 Å². The number of rotatable bonds is 4. The summed E-state index contributed by atoms with van der Waals surface area (Å²) in [6.45, 7) is 3.93. The monoisotopic (exact) mass is 348 g/mol. The van der Waals surface area contributed by atoms with E-state index in [4.69, 9.17) is 0 Å². The molecule has 128 valence electrons. The summed E-state index contributed by atoms with van der Waals surface area (Å²) >= 11 is 1.50. The summed E-state index contributed by atoms with van der Waals surface area (Å²) in [5, 5.41) is 11.2. The van der Waals surface area contributed by atoms with Crippen LogP contribution in [0.25, 0.3) is 0 Å². The first kappa shape index (κ1) is 16.7. The number of carbonyl (C=O) groups excluding carboxylic acids is 2. The van der Waals surface area contributed by atoms with Gasteiger partial charge in [0.15, 0.2) is 0 Å². The van der Waals surface area contributed by atoms with Crippen LogP contribution in [0.15, 0.2) is 17.5 Å². The Balaban J connectivity index is 1.66. The number of amides is 2. The fourth-order valence-corrected chi connectivity index (χ4v) is 4.84. The van der Waals surface area contributed by atoms with Gasteiger partial charge in [-0.2, -0.15) is 0 Å². The third kappa shape index (κ3) is 2.73. The average molecular weight is 348 g/mol. The van der Waals surface area contributed by atoms with Gasteiger partial charge in [-0.15, -0.1) is 11.3 Å². The van der Waals surface area contributed by atoms with Crippen molar-refractivity contribution in [2.24, 2.45) is 23.7 Å². The van der Waals surface area contributed by atoms with Crippen LogP contribution < -0.4 is 10.9 Å². The van der Waals surface area contributed by atoms with Crippen LogP contribution in [0.5, 0.6) is 0 Å². The zero-order chi connectivity index (χ0) is 17.4. The van der Waals surface area contributed by atoms with Crippen molar-refractivity contribution in [1.29, 1.82) is 0 Å². The van der Waals surface area contributed by atoms with Gasteiger partial charge in [-0.25, -0.2) is 0 Å². The first-order valence-electron chi connectivity index (χ1n) is 8.02. The fraction of sp³-hybridized carbons (Fsp3) is 0.471. The highest BCUT2D eigenvalue weighted by atomic mass is 32.1. The van der Waals surface area contributed by atoms with Crippen molar-refractivity contribution in [2.45, 2.75) is 26.7 Å². The van der Waals surface area contributed by atoms with Gasteiger partial charge >= 0.3 is 5.97 Å². The molecule has 1 saturated carbocycles. The molecule has 1 aromatic heterocycles. The Morgan fingerprint density at radius 1 is 1.21 bits per heavy atom. The summed E-state index contributed by atoms with van der Waals surface area (Å²) in [5.41, 5.74) is 6.38. The average Bonchev–Trinajstić information content (AvgIpc) is 3.25. The molecule has 1 heterocycles. The lowest BCUT2D eigenvalue weighted by Crippen LogP contribution is -2.48. The molecule has 0 aromatic carbocycles. The molecule has 2 bridgehead atoms. The fourth-order valence-electron chi connectivity index (χ4n) is 3.89. The predicted octanol–water partition coefficient (Wildman–Crippen LogP) is 1.90. The molecule has 2 aliphatic rings. The van der Waals surface area contributed by atoms with Gasteiger partial charge in [0.25, 0.3) is 5.91 Å². The van der Waals surface area contributed by atoms with E-state index in [-0.39, 0.29) is 17.7 Å². The number of hydrogen-bond donors (Lipinski definition) is 3. The second-order valence-electron chi connectivity index (χ2n) is 6.32. The Kier molecular flexibility index (Phi) is 4.45. The predicted molar refractivity (Wildman–Crippen MR) is 89.4 cm³/mol. The Morgan fingerprint density at radius 2 is 1.88 bits per heavy atom. The summed E-state index contributed by atoms with van der Waals surface area (Å²) < 4.78 is 0. The Morgan fingerprint density at radius 3 is 2.50 bits per heavy atom. The highest BCUT2D eigenvalue weighted by Gasteiger charge is 2.51. The van der Waals surface area contributed by atoms with E-state index >= 15 is 0 Å². The van der Waals surface area contributed by atoms with Gasteiger partial charge in [-0.05, 0) is 37.2 Å². The zero-order valence-electron chi connectivity index (χ0n) is 13.5. The number of fused-ring (bicyclic) bond motifs is 2. The van der Waals surface area contributed by atoms with E-state index in [1.54, 1.807) is 5.38 Å². The van der Waals surface area contributed by atoms with Crippen molar-refractivity contribution in [3.63, 3.8) is 0 Å². The zero-order valence-corrected chi connectivity index (χ0v) is 14.4. The molecule has 0 aliphatic heterocycles. The van der Waals surface area contributed by atoms with Crippen LogP contribution in [0.1, 0.15) is 34.1 Å². The molecule has 0 spiro atoms. The molecule has 0 radical (unpaired) electrons. The lowest BCUT2D eigenvalue weighted by atomic mass is 9.82. The molecular formula is C17H20N2O4S. The SMILES string of the molecule is CCc1c(C(=O)NNC(=O)[C@@H]2[C@@H](C(=O)O)[C@H]3C=C[C@@H]2C3)csc1C. The number of aryl methyl sites for hydroxylation is 1. The molecule has 2 amide bonds. The standard InChI is InChI=1S/C17H20N2O4S/c1-3-11-8(2)24-7-12(11)15(20)18-19-16(21)13-9-4-5-10(6-9)14(13)17(22)23/h4-5,7,9-10,13-14H,3,6H2,1-2H3,(H,18,20)(H,19,21)(H,22,23)/t9-,10+,13+,14+/m1/s1. The normalized spacial score (nSPS) is 27.2. The van der Waals surface area contributed by atoms with Crippen molar-refractivity contribution in [3.8, 4) is 0 Å². The van der Waals surface area contributed by atoms with E-state index in [1.165, 1.54) is 11.3 Å². The number of hydrogen-bond acceptors (Lipinski definition) is 4. The van der Waals surface area contributed by atoms with Crippen LogP contribution in [-0.4, -0.2) is 22.9 Å². The molecule has 1 aromatic rings. The number of hydrazine groups is 1. The molecule has 3 N–H and O–H groups in total. The van der Waals surface area contributed by atoms with E-state index < -0.39 is 23.7 Å². The molecule has 24 heavy (non-hydrogen) atoms. The lowest BCUT2D eigenvalue weighted by molar-refractivity contribution is -0.148.